The van der Waals surface area contributed by atoms with Crippen molar-refractivity contribution >= 4 is 0 Å². The lowest BCUT2D eigenvalue weighted by Crippen LogP contribution is -2.35. The van der Waals surface area contributed by atoms with E-state index in [9.17, 15) is 9.59 Å². The fourth-order valence-corrected chi connectivity index (χ4v) is 1.35. The number of nitrogens with one attached hydrogen (secondary N) is 1. The Labute approximate surface area is 82.6 Å². The van der Waals surface area contributed by atoms with Gasteiger partial charge in [0.15, 0.2) is 0 Å². The van der Waals surface area contributed by atoms with Gasteiger partial charge in [-0.2, -0.15) is 0 Å². The van der Waals surface area contributed by atoms with Crippen molar-refractivity contribution in [3.8, 4) is 0 Å². The summed E-state index contributed by atoms with van der Waals surface area (Å²) >= 11 is 0. The lowest BCUT2D eigenvalue weighted by atomic mass is 10.2. The van der Waals surface area contributed by atoms with Crippen molar-refractivity contribution in [2.45, 2.75) is 39.2 Å². The van der Waals surface area contributed by atoms with Gasteiger partial charge in [0, 0.05) is 18.9 Å². The molecule has 0 saturated heterocycles. The summed E-state index contributed by atoms with van der Waals surface area (Å²) in [6.45, 7) is 2.78. The minimum Gasteiger partial charge on any atom is -0.323 e. The van der Waals surface area contributed by atoms with Crippen molar-refractivity contribution in [3.05, 3.63) is 33.1 Å². The molecule has 0 aromatic carbocycles. The first-order valence-corrected chi connectivity index (χ1v) is 5.04. The van der Waals surface area contributed by atoms with E-state index in [4.69, 9.17) is 0 Å². The molecule has 1 aromatic rings. The average molecular weight is 196 g/mol. The van der Waals surface area contributed by atoms with Gasteiger partial charge in [-0.15, -0.1) is 0 Å². The molecule has 0 aliphatic rings. The molecular weight excluding hydrogens is 180 g/mol. The van der Waals surface area contributed by atoms with Gasteiger partial charge in [-0.1, -0.05) is 26.2 Å². The second-order valence-electron chi connectivity index (χ2n) is 3.35. The molecule has 78 valence electrons. The van der Waals surface area contributed by atoms with Crippen LogP contribution in [0.25, 0.3) is 0 Å². The maximum Gasteiger partial charge on any atom is 0.316 e. The van der Waals surface area contributed by atoms with Crippen LogP contribution in [0.4, 0.5) is 0 Å². The molecular formula is C10H16N2O2. The van der Waals surface area contributed by atoms with Gasteiger partial charge in [0.2, 0.25) is 0 Å². The first-order valence-electron chi connectivity index (χ1n) is 5.04. The van der Waals surface area contributed by atoms with E-state index in [1.165, 1.54) is 23.6 Å². The van der Waals surface area contributed by atoms with Crippen LogP contribution in [-0.4, -0.2) is 9.55 Å². The molecule has 0 atom stereocenters. The van der Waals surface area contributed by atoms with Gasteiger partial charge >= 0.3 is 11.1 Å². The summed E-state index contributed by atoms with van der Waals surface area (Å²) in [6.07, 6.45) is 7.54. The largest absolute Gasteiger partial charge is 0.323 e. The van der Waals surface area contributed by atoms with E-state index in [1.807, 2.05) is 0 Å². The normalized spacial score (nSPS) is 10.4. The molecule has 14 heavy (non-hydrogen) atoms. The van der Waals surface area contributed by atoms with Crippen molar-refractivity contribution in [3.63, 3.8) is 0 Å². The monoisotopic (exact) mass is 196 g/mol. The highest BCUT2D eigenvalue weighted by Gasteiger charge is 1.97. The number of aromatic amines is 1. The van der Waals surface area contributed by atoms with Gasteiger partial charge in [0.1, 0.15) is 0 Å². The molecule has 4 heteroatoms. The summed E-state index contributed by atoms with van der Waals surface area (Å²) in [7, 11) is 0. The molecule has 0 fully saturated rings. The summed E-state index contributed by atoms with van der Waals surface area (Å²) < 4.78 is 1.47. The van der Waals surface area contributed by atoms with Crippen LogP contribution in [0.3, 0.4) is 0 Å². The van der Waals surface area contributed by atoms with Crippen LogP contribution in [0.1, 0.15) is 32.6 Å². The van der Waals surface area contributed by atoms with Crippen molar-refractivity contribution < 1.29 is 0 Å². The third-order valence-electron chi connectivity index (χ3n) is 2.18. The Morgan fingerprint density at radius 1 is 1.29 bits per heavy atom. The molecule has 1 heterocycles. The number of unbranched alkanes of at least 4 members (excludes halogenated alkanes) is 3. The second-order valence-corrected chi connectivity index (χ2v) is 3.35. The van der Waals surface area contributed by atoms with Crippen LogP contribution in [0.2, 0.25) is 0 Å². The summed E-state index contributed by atoms with van der Waals surface area (Å²) in [5, 5.41) is 0. The van der Waals surface area contributed by atoms with E-state index in [0.717, 1.165) is 12.8 Å². The molecule has 0 spiro atoms. The third-order valence-corrected chi connectivity index (χ3v) is 2.18. The third kappa shape index (κ3) is 2.87. The van der Waals surface area contributed by atoms with Crippen LogP contribution in [0, 0.1) is 0 Å². The Kier molecular flexibility index (Phi) is 4.16. The number of aryl methyl sites for hydroxylation is 1. The van der Waals surface area contributed by atoms with Crippen molar-refractivity contribution in [1.82, 2.24) is 9.55 Å². The topological polar surface area (TPSA) is 54.9 Å². The summed E-state index contributed by atoms with van der Waals surface area (Å²) in [5.74, 6) is 0. The zero-order chi connectivity index (χ0) is 10.4. The average Bonchev–Trinajstić information content (AvgIpc) is 2.19. The number of H-pyrrole nitrogens is 1. The van der Waals surface area contributed by atoms with E-state index in [0.29, 0.717) is 6.54 Å². The molecule has 1 N–H and O–H groups in total. The van der Waals surface area contributed by atoms with E-state index in [2.05, 4.69) is 11.9 Å². The molecule has 1 aromatic heterocycles. The van der Waals surface area contributed by atoms with Gasteiger partial charge in [0.25, 0.3) is 0 Å². The SMILES string of the molecule is CCCCCCn1cc[nH]c(=O)c1=O. The Bertz CT molecular complexity index is 378. The molecule has 0 aliphatic heterocycles. The second kappa shape index (κ2) is 5.42. The fraction of sp³-hybridized carbons (Fsp3) is 0.600. The van der Waals surface area contributed by atoms with Crippen molar-refractivity contribution in [1.29, 1.82) is 0 Å². The number of hydrogen-bond donors (Lipinski definition) is 1. The summed E-state index contributed by atoms with van der Waals surface area (Å²) in [4.78, 5) is 24.5. The van der Waals surface area contributed by atoms with Gasteiger partial charge in [-0.25, -0.2) is 0 Å². The van der Waals surface area contributed by atoms with Crippen LogP contribution >= 0.6 is 0 Å². The molecule has 0 saturated carbocycles. The molecule has 0 radical (unpaired) electrons. The van der Waals surface area contributed by atoms with Gasteiger partial charge in [0.05, 0.1) is 0 Å². The van der Waals surface area contributed by atoms with Crippen LogP contribution in [0.5, 0.6) is 0 Å². The van der Waals surface area contributed by atoms with E-state index >= 15 is 0 Å². The minimum absolute atomic E-state index is 0.455. The summed E-state index contributed by atoms with van der Waals surface area (Å²) in [6, 6.07) is 0. The van der Waals surface area contributed by atoms with E-state index < -0.39 is 11.1 Å². The van der Waals surface area contributed by atoms with Crippen molar-refractivity contribution in [2.24, 2.45) is 0 Å². The molecule has 0 amide bonds. The fourth-order valence-electron chi connectivity index (χ4n) is 1.35. The number of nitrogens with zero attached hydrogens (tertiary/aromatic N) is 1. The smallest absolute Gasteiger partial charge is 0.316 e. The van der Waals surface area contributed by atoms with E-state index in [-0.39, 0.29) is 0 Å². The highest BCUT2D eigenvalue weighted by atomic mass is 16.2. The Balaban J connectivity index is 2.55. The van der Waals surface area contributed by atoms with Gasteiger partial charge in [-0.3, -0.25) is 9.59 Å². The van der Waals surface area contributed by atoms with Crippen molar-refractivity contribution in [2.75, 3.05) is 0 Å². The van der Waals surface area contributed by atoms with Gasteiger partial charge < -0.3 is 9.55 Å². The minimum atomic E-state index is -0.539. The quantitative estimate of drug-likeness (QED) is 0.566. The van der Waals surface area contributed by atoms with Gasteiger partial charge in [-0.05, 0) is 6.42 Å². The zero-order valence-electron chi connectivity index (χ0n) is 8.45. The maximum absolute atomic E-state index is 11.3. The maximum atomic E-state index is 11.3. The lowest BCUT2D eigenvalue weighted by Gasteiger charge is -2.02. The number of rotatable bonds is 5. The molecule has 4 nitrogen and oxygen atoms in total. The first kappa shape index (κ1) is 10.8. The predicted molar refractivity (Wildman–Crippen MR) is 55.5 cm³/mol. The lowest BCUT2D eigenvalue weighted by molar-refractivity contribution is 0.565. The Morgan fingerprint density at radius 3 is 2.79 bits per heavy atom. The molecule has 0 unspecified atom stereocenters. The van der Waals surface area contributed by atoms with Crippen LogP contribution in [-0.2, 0) is 6.54 Å². The molecule has 0 aliphatic carbocycles. The van der Waals surface area contributed by atoms with Crippen LogP contribution in [0.15, 0.2) is 22.0 Å². The molecule has 0 bridgehead atoms. The summed E-state index contributed by atoms with van der Waals surface area (Å²) in [5.41, 5.74) is -0.994. The highest BCUT2D eigenvalue weighted by molar-refractivity contribution is 4.81. The van der Waals surface area contributed by atoms with E-state index in [1.54, 1.807) is 6.20 Å². The van der Waals surface area contributed by atoms with Crippen LogP contribution < -0.4 is 11.1 Å². The Hall–Kier alpha value is -1.32. The number of aromatic nitrogens is 2. The predicted octanol–water partition coefficient (Wildman–Crippen LogP) is 1.12. The number of hydrogen-bond acceptors (Lipinski definition) is 2. The standard InChI is InChI=1S/C10H16N2O2/c1-2-3-4-5-7-12-8-6-11-9(13)10(12)14/h6,8H,2-5,7H2,1H3,(H,11,13). The first-order chi connectivity index (χ1) is 6.75. The molecule has 1 rings (SSSR count). The Morgan fingerprint density at radius 2 is 2.07 bits per heavy atom. The zero-order valence-corrected chi connectivity index (χ0v) is 8.45. The highest BCUT2D eigenvalue weighted by Crippen LogP contribution is 1.99.